The van der Waals surface area contributed by atoms with Crippen molar-refractivity contribution in [1.29, 1.82) is 0 Å². The van der Waals surface area contributed by atoms with Gasteiger partial charge in [0.1, 0.15) is 6.61 Å². The van der Waals surface area contributed by atoms with Gasteiger partial charge in [-0.2, -0.15) is 0 Å². The van der Waals surface area contributed by atoms with E-state index in [0.717, 1.165) is 24.0 Å². The summed E-state index contributed by atoms with van der Waals surface area (Å²) in [7, 11) is 0. The van der Waals surface area contributed by atoms with Crippen LogP contribution in [0, 0.1) is 0 Å². The Labute approximate surface area is 177 Å². The molecule has 0 aliphatic heterocycles. The summed E-state index contributed by atoms with van der Waals surface area (Å²) in [5.41, 5.74) is 2.79. The number of carbonyl (C=O) groups is 1. The van der Waals surface area contributed by atoms with Gasteiger partial charge in [-0.1, -0.05) is 30.3 Å². The molecule has 154 valence electrons. The molecule has 0 atom stereocenters. The van der Waals surface area contributed by atoms with Crippen LogP contribution in [0.25, 0.3) is 0 Å². The fourth-order valence-electron chi connectivity index (χ4n) is 3.37. The topological polar surface area (TPSA) is 51.7 Å². The molecular weight excluding hydrogens is 376 g/mol. The molecule has 2 aromatic carbocycles. The molecule has 0 N–H and O–H groups in total. The van der Waals surface area contributed by atoms with Crippen molar-refractivity contribution in [2.45, 2.75) is 39.0 Å². The van der Waals surface area contributed by atoms with Gasteiger partial charge < -0.3 is 14.4 Å². The number of aromatic nitrogens is 1. The Hall–Kier alpha value is -3.34. The normalized spacial score (nSPS) is 13.0. The van der Waals surface area contributed by atoms with Gasteiger partial charge in [-0.05, 0) is 61.2 Å². The summed E-state index contributed by atoms with van der Waals surface area (Å²) in [5.74, 6) is 1.25. The molecule has 1 aliphatic rings. The van der Waals surface area contributed by atoms with Crippen LogP contribution in [0.5, 0.6) is 11.5 Å². The Morgan fingerprint density at radius 2 is 1.73 bits per heavy atom. The maximum atomic E-state index is 13.3. The molecule has 4 rings (SSSR count). The van der Waals surface area contributed by atoms with Gasteiger partial charge in [-0.15, -0.1) is 0 Å². The van der Waals surface area contributed by atoms with E-state index in [1.165, 1.54) is 0 Å². The third-order valence-corrected chi connectivity index (χ3v) is 5.08. The number of nitrogens with zero attached hydrogens (tertiary/aromatic N) is 2. The minimum Gasteiger partial charge on any atom is -0.490 e. The number of benzene rings is 2. The Balaban J connectivity index is 1.52. The van der Waals surface area contributed by atoms with Gasteiger partial charge in [0.2, 0.25) is 0 Å². The van der Waals surface area contributed by atoms with Crippen molar-refractivity contribution in [2.75, 3.05) is 6.61 Å². The van der Waals surface area contributed by atoms with Crippen LogP contribution in [0.4, 0.5) is 0 Å². The number of carbonyl (C=O) groups excluding carboxylic acids is 1. The van der Waals surface area contributed by atoms with E-state index < -0.39 is 0 Å². The van der Waals surface area contributed by atoms with Crippen LogP contribution >= 0.6 is 0 Å². The van der Waals surface area contributed by atoms with Crippen molar-refractivity contribution in [3.05, 3.63) is 89.7 Å². The number of amides is 1. The lowest BCUT2D eigenvalue weighted by Gasteiger charge is -2.23. The van der Waals surface area contributed by atoms with Crippen LogP contribution in [0.1, 0.15) is 41.3 Å². The summed E-state index contributed by atoms with van der Waals surface area (Å²) in [6.45, 7) is 3.46. The predicted octanol–water partition coefficient (Wildman–Crippen LogP) is 4.86. The standard InChI is InChI=1S/C25H26N2O3/c1-2-29-24-16-21(8-11-23(24)30-18-20-12-14-26-15-13-20)25(28)27(22-9-10-22)17-19-6-4-3-5-7-19/h3-8,11-16,22H,2,9-10,17-18H2,1H3. The third kappa shape index (κ3) is 4.98. The average molecular weight is 402 g/mol. The number of pyridine rings is 1. The van der Waals surface area contributed by atoms with E-state index in [0.29, 0.717) is 42.9 Å². The van der Waals surface area contributed by atoms with Crippen molar-refractivity contribution >= 4 is 5.91 Å². The lowest BCUT2D eigenvalue weighted by Crippen LogP contribution is -2.32. The highest BCUT2D eigenvalue weighted by Crippen LogP contribution is 2.33. The molecule has 1 fully saturated rings. The van der Waals surface area contributed by atoms with Crippen molar-refractivity contribution in [2.24, 2.45) is 0 Å². The van der Waals surface area contributed by atoms with Crippen molar-refractivity contribution in [1.82, 2.24) is 9.88 Å². The minimum absolute atomic E-state index is 0.0305. The molecule has 1 amide bonds. The molecule has 0 unspecified atom stereocenters. The second-order valence-corrected chi connectivity index (χ2v) is 7.39. The van der Waals surface area contributed by atoms with Gasteiger partial charge in [0, 0.05) is 30.5 Å². The monoisotopic (exact) mass is 402 g/mol. The molecule has 1 saturated carbocycles. The molecule has 5 nitrogen and oxygen atoms in total. The van der Waals surface area contributed by atoms with Crippen LogP contribution in [0.3, 0.4) is 0 Å². The Morgan fingerprint density at radius 1 is 0.967 bits per heavy atom. The SMILES string of the molecule is CCOc1cc(C(=O)N(Cc2ccccc2)C2CC2)ccc1OCc1ccncc1. The van der Waals surface area contributed by atoms with E-state index in [2.05, 4.69) is 17.1 Å². The van der Waals surface area contributed by atoms with Crippen LogP contribution in [-0.2, 0) is 13.2 Å². The Morgan fingerprint density at radius 3 is 2.43 bits per heavy atom. The lowest BCUT2D eigenvalue weighted by atomic mass is 10.1. The van der Waals surface area contributed by atoms with Gasteiger partial charge in [0.15, 0.2) is 11.5 Å². The third-order valence-electron chi connectivity index (χ3n) is 5.08. The van der Waals surface area contributed by atoms with Crippen molar-refractivity contribution < 1.29 is 14.3 Å². The Bertz CT molecular complexity index is 972. The van der Waals surface area contributed by atoms with Gasteiger partial charge in [0.25, 0.3) is 5.91 Å². The van der Waals surface area contributed by atoms with E-state index in [4.69, 9.17) is 9.47 Å². The molecule has 1 aromatic heterocycles. The maximum Gasteiger partial charge on any atom is 0.254 e. The summed E-state index contributed by atoms with van der Waals surface area (Å²) < 4.78 is 11.7. The van der Waals surface area contributed by atoms with Gasteiger partial charge in [0.05, 0.1) is 6.61 Å². The number of hydrogen-bond acceptors (Lipinski definition) is 4. The second kappa shape index (κ2) is 9.44. The van der Waals surface area contributed by atoms with Crippen LogP contribution in [0.15, 0.2) is 73.1 Å². The maximum absolute atomic E-state index is 13.3. The summed E-state index contributed by atoms with van der Waals surface area (Å²) in [6, 6.07) is 19.7. The fraction of sp³-hybridized carbons (Fsp3) is 0.280. The number of hydrogen-bond donors (Lipinski definition) is 0. The molecule has 30 heavy (non-hydrogen) atoms. The smallest absolute Gasteiger partial charge is 0.254 e. The van der Waals surface area contributed by atoms with Gasteiger partial charge in [-0.3, -0.25) is 9.78 Å². The highest BCUT2D eigenvalue weighted by Gasteiger charge is 2.33. The van der Waals surface area contributed by atoms with Crippen LogP contribution in [-0.4, -0.2) is 28.4 Å². The van der Waals surface area contributed by atoms with Gasteiger partial charge in [-0.25, -0.2) is 0 Å². The fourth-order valence-corrected chi connectivity index (χ4v) is 3.37. The molecule has 0 bridgehead atoms. The molecule has 1 aliphatic carbocycles. The zero-order chi connectivity index (χ0) is 20.8. The minimum atomic E-state index is 0.0305. The summed E-state index contributed by atoms with van der Waals surface area (Å²) in [6.07, 6.45) is 5.60. The first kappa shape index (κ1) is 20.0. The van der Waals surface area contributed by atoms with E-state index in [1.54, 1.807) is 18.5 Å². The quantitative estimate of drug-likeness (QED) is 0.513. The first-order valence-electron chi connectivity index (χ1n) is 10.4. The summed E-state index contributed by atoms with van der Waals surface area (Å²) in [4.78, 5) is 19.3. The van der Waals surface area contributed by atoms with Gasteiger partial charge >= 0.3 is 0 Å². The molecule has 3 aromatic rings. The highest BCUT2D eigenvalue weighted by molar-refractivity contribution is 5.95. The summed E-state index contributed by atoms with van der Waals surface area (Å²) in [5, 5.41) is 0. The molecule has 1 heterocycles. The Kier molecular flexibility index (Phi) is 6.28. The first-order chi connectivity index (χ1) is 14.7. The second-order valence-electron chi connectivity index (χ2n) is 7.39. The largest absolute Gasteiger partial charge is 0.490 e. The van der Waals surface area contributed by atoms with Crippen LogP contribution < -0.4 is 9.47 Å². The van der Waals surface area contributed by atoms with Crippen molar-refractivity contribution in [3.8, 4) is 11.5 Å². The predicted molar refractivity (Wildman–Crippen MR) is 116 cm³/mol. The summed E-state index contributed by atoms with van der Waals surface area (Å²) >= 11 is 0. The zero-order valence-electron chi connectivity index (χ0n) is 17.2. The van der Waals surface area contributed by atoms with E-state index in [-0.39, 0.29) is 5.91 Å². The van der Waals surface area contributed by atoms with E-state index >= 15 is 0 Å². The molecular formula is C25H26N2O3. The highest BCUT2D eigenvalue weighted by atomic mass is 16.5. The van der Waals surface area contributed by atoms with E-state index in [1.807, 2.05) is 54.3 Å². The van der Waals surface area contributed by atoms with Crippen LogP contribution in [0.2, 0.25) is 0 Å². The first-order valence-corrected chi connectivity index (χ1v) is 10.4. The molecule has 5 heteroatoms. The average Bonchev–Trinajstić information content (AvgIpc) is 3.63. The molecule has 0 spiro atoms. The van der Waals surface area contributed by atoms with E-state index in [9.17, 15) is 4.79 Å². The lowest BCUT2D eigenvalue weighted by molar-refractivity contribution is 0.0729. The number of rotatable bonds is 9. The molecule has 0 saturated heterocycles. The zero-order valence-corrected chi connectivity index (χ0v) is 17.2. The molecule has 0 radical (unpaired) electrons. The number of ether oxygens (including phenoxy) is 2. The van der Waals surface area contributed by atoms with Crippen molar-refractivity contribution in [3.63, 3.8) is 0 Å².